The molecule has 0 spiro atoms. The molecular weight excluding hydrogens is 507 g/mol. The average Bonchev–Trinajstić information content (AvgIpc) is 2.78. The quantitative estimate of drug-likeness (QED) is 0.579. The largest absolute Gasteiger partial charge is 0.354 e. The summed E-state index contributed by atoms with van der Waals surface area (Å²) in [6, 6.07) is 4.03. The summed E-state index contributed by atoms with van der Waals surface area (Å²) in [5.74, 6) is -0.183. The third-order valence-corrected chi connectivity index (χ3v) is 7.99. The highest BCUT2D eigenvalue weighted by atomic mass is 127. The maximum atomic E-state index is 12.1. The lowest BCUT2D eigenvalue weighted by atomic mass is 10.0. The molecule has 0 aliphatic carbocycles. The SMILES string of the molecule is CCc1cc2c([nH]c1=O)C=C(CN1CC=C(c3cnc(C(=O)NC)c(C)c3)CO1)C=I2. The van der Waals surface area contributed by atoms with Crippen LogP contribution in [0.2, 0.25) is 0 Å². The number of hydrogen-bond acceptors (Lipinski definition) is 5. The average molecular weight is 532 g/mol. The fourth-order valence-electron chi connectivity index (χ4n) is 3.55. The van der Waals surface area contributed by atoms with Crippen LogP contribution in [0.3, 0.4) is 0 Å². The van der Waals surface area contributed by atoms with Gasteiger partial charge in [-0.3, -0.25) is 19.4 Å². The monoisotopic (exact) mass is 532 g/mol. The van der Waals surface area contributed by atoms with E-state index in [4.69, 9.17) is 4.84 Å². The van der Waals surface area contributed by atoms with Crippen LogP contribution in [-0.2, 0) is 11.3 Å². The lowest BCUT2D eigenvalue weighted by molar-refractivity contribution is -0.135. The minimum absolute atomic E-state index is 0.0101. The summed E-state index contributed by atoms with van der Waals surface area (Å²) in [5.41, 5.74) is 6.29. The number of halogens is 1. The van der Waals surface area contributed by atoms with E-state index in [0.29, 0.717) is 25.4 Å². The van der Waals surface area contributed by atoms with Gasteiger partial charge in [-0.1, -0.05) is 33.7 Å². The second-order valence-electron chi connectivity index (χ2n) is 7.47. The Labute approximate surface area is 190 Å². The van der Waals surface area contributed by atoms with Crippen molar-refractivity contribution in [1.29, 1.82) is 0 Å². The third kappa shape index (κ3) is 4.76. The number of aromatic nitrogens is 2. The molecule has 0 atom stereocenters. The van der Waals surface area contributed by atoms with E-state index in [1.165, 1.54) is 9.14 Å². The Kier molecular flexibility index (Phi) is 6.59. The number of aryl methyl sites for hydroxylation is 2. The van der Waals surface area contributed by atoms with Crippen LogP contribution in [0.15, 0.2) is 34.8 Å². The summed E-state index contributed by atoms with van der Waals surface area (Å²) in [5, 5.41) is 4.54. The van der Waals surface area contributed by atoms with E-state index in [0.717, 1.165) is 34.4 Å². The number of nitrogens with one attached hydrogen (secondary N) is 2. The van der Waals surface area contributed by atoms with Crippen molar-refractivity contribution >= 4 is 42.3 Å². The van der Waals surface area contributed by atoms with Gasteiger partial charge in [-0.25, -0.2) is 0 Å². The molecule has 0 radical (unpaired) electrons. The molecule has 0 bridgehead atoms. The molecule has 0 saturated carbocycles. The Hall–Kier alpha value is -2.43. The van der Waals surface area contributed by atoms with Gasteiger partial charge in [-0.05, 0) is 57.8 Å². The first-order valence-corrected chi connectivity index (χ1v) is 12.5. The number of carbonyl (C=O) groups is 1. The first-order valence-electron chi connectivity index (χ1n) is 10.2. The van der Waals surface area contributed by atoms with Crippen molar-refractivity contribution in [2.75, 3.05) is 26.7 Å². The number of fused-ring (bicyclic) bond motifs is 1. The Morgan fingerprint density at radius 1 is 1.39 bits per heavy atom. The highest BCUT2D eigenvalue weighted by molar-refractivity contribution is 14.2. The molecule has 162 valence electrons. The Bertz CT molecular complexity index is 1180. The minimum Gasteiger partial charge on any atom is -0.354 e. The van der Waals surface area contributed by atoms with Crippen molar-refractivity contribution < 1.29 is 9.63 Å². The number of nitrogens with zero attached hydrogens (tertiary/aromatic N) is 2. The Morgan fingerprint density at radius 3 is 2.90 bits per heavy atom. The van der Waals surface area contributed by atoms with Gasteiger partial charge in [0.2, 0.25) is 0 Å². The van der Waals surface area contributed by atoms with Gasteiger partial charge in [0.1, 0.15) is 5.69 Å². The van der Waals surface area contributed by atoms with Crippen LogP contribution in [0.1, 0.15) is 39.8 Å². The standard InChI is InChI=1S/C23H25IN4O3/c1-4-16-9-19-20(27-22(16)29)8-15(10-24-19)12-28-6-5-17(13-31-28)18-7-14(2)21(26-11-18)23(30)25-3/h5,7-11H,4,6,12-13H2,1-3H3,(H,25,30)(H,27,29). The number of hydroxylamine groups is 2. The van der Waals surface area contributed by atoms with Crippen molar-refractivity contribution in [2.45, 2.75) is 20.3 Å². The topological polar surface area (TPSA) is 87.3 Å². The highest BCUT2D eigenvalue weighted by Crippen LogP contribution is 2.25. The molecular formula is C23H25IN4O3. The molecule has 0 fully saturated rings. The molecule has 2 aliphatic rings. The predicted molar refractivity (Wildman–Crippen MR) is 131 cm³/mol. The van der Waals surface area contributed by atoms with Gasteiger partial charge in [0.05, 0.1) is 12.3 Å². The number of pyridine rings is 2. The predicted octanol–water partition coefficient (Wildman–Crippen LogP) is 2.67. The van der Waals surface area contributed by atoms with Gasteiger partial charge >= 0.3 is 0 Å². The maximum Gasteiger partial charge on any atom is 0.269 e. The third-order valence-electron chi connectivity index (χ3n) is 5.32. The summed E-state index contributed by atoms with van der Waals surface area (Å²) < 4.78 is 3.57. The van der Waals surface area contributed by atoms with E-state index in [1.807, 2.05) is 25.0 Å². The molecule has 2 aliphatic heterocycles. The van der Waals surface area contributed by atoms with E-state index >= 15 is 0 Å². The first kappa shape index (κ1) is 21.8. The zero-order valence-corrected chi connectivity index (χ0v) is 19.9. The van der Waals surface area contributed by atoms with Gasteiger partial charge in [-0.15, -0.1) is 0 Å². The molecule has 2 aromatic rings. The summed E-state index contributed by atoms with van der Waals surface area (Å²) in [7, 11) is 1.60. The van der Waals surface area contributed by atoms with E-state index < -0.39 is 0 Å². The smallest absolute Gasteiger partial charge is 0.269 e. The fraction of sp³-hybridized carbons (Fsp3) is 0.304. The zero-order valence-electron chi connectivity index (χ0n) is 17.8. The number of carbonyl (C=O) groups excluding carboxylic acids is 1. The summed E-state index contributed by atoms with van der Waals surface area (Å²) >= 11 is -0.272. The number of rotatable bonds is 5. The molecule has 0 aromatic carbocycles. The Morgan fingerprint density at radius 2 is 2.23 bits per heavy atom. The molecule has 2 aromatic heterocycles. The summed E-state index contributed by atoms with van der Waals surface area (Å²) in [6.45, 7) is 5.68. The molecule has 0 unspecified atom stereocenters. The van der Waals surface area contributed by atoms with E-state index in [1.54, 1.807) is 13.2 Å². The van der Waals surface area contributed by atoms with Crippen molar-refractivity contribution in [3.05, 3.63) is 72.0 Å². The van der Waals surface area contributed by atoms with Crippen LogP contribution in [0, 0.1) is 10.5 Å². The van der Waals surface area contributed by atoms with Crippen molar-refractivity contribution in [3.8, 4) is 0 Å². The number of aromatic amines is 1. The van der Waals surface area contributed by atoms with Crippen LogP contribution in [0.25, 0.3) is 11.6 Å². The molecule has 0 saturated heterocycles. The molecule has 7 nitrogen and oxygen atoms in total. The van der Waals surface area contributed by atoms with Crippen molar-refractivity contribution in [3.63, 3.8) is 0 Å². The molecule has 8 heteroatoms. The molecule has 4 heterocycles. The second kappa shape index (κ2) is 9.37. The van der Waals surface area contributed by atoms with Crippen molar-refractivity contribution in [1.82, 2.24) is 20.3 Å². The zero-order chi connectivity index (χ0) is 22.0. The Balaban J connectivity index is 1.44. The van der Waals surface area contributed by atoms with Crippen molar-refractivity contribution in [2.24, 2.45) is 0 Å². The van der Waals surface area contributed by atoms with Crippen LogP contribution in [0.5, 0.6) is 0 Å². The van der Waals surface area contributed by atoms with Crippen LogP contribution in [0.4, 0.5) is 0 Å². The van der Waals surface area contributed by atoms with Crippen LogP contribution in [-0.4, -0.2) is 51.7 Å². The van der Waals surface area contributed by atoms with E-state index in [-0.39, 0.29) is 32.2 Å². The van der Waals surface area contributed by atoms with Gasteiger partial charge < -0.3 is 10.3 Å². The number of hydrogen-bond donors (Lipinski definition) is 2. The lowest BCUT2D eigenvalue weighted by Gasteiger charge is -2.27. The minimum atomic E-state index is -0.272. The summed E-state index contributed by atoms with van der Waals surface area (Å²) in [4.78, 5) is 37.3. The van der Waals surface area contributed by atoms with E-state index in [9.17, 15) is 9.59 Å². The molecule has 1 amide bonds. The summed E-state index contributed by atoms with van der Waals surface area (Å²) in [6.07, 6.45) is 6.68. The van der Waals surface area contributed by atoms with Gasteiger partial charge in [0, 0.05) is 35.5 Å². The lowest BCUT2D eigenvalue weighted by Crippen LogP contribution is -2.31. The van der Waals surface area contributed by atoms with Gasteiger partial charge in [0.25, 0.3) is 11.5 Å². The van der Waals surface area contributed by atoms with Crippen LogP contribution < -0.4 is 10.9 Å². The van der Waals surface area contributed by atoms with E-state index in [2.05, 4.69) is 37.5 Å². The first-order chi connectivity index (χ1) is 15.0. The normalized spacial score (nSPS) is 16.1. The molecule has 2 N–H and O–H groups in total. The number of H-pyrrole nitrogens is 1. The van der Waals surface area contributed by atoms with Gasteiger partial charge in [-0.2, -0.15) is 5.06 Å². The maximum absolute atomic E-state index is 12.1. The fourth-order valence-corrected chi connectivity index (χ4v) is 5.84. The second-order valence-corrected chi connectivity index (χ2v) is 9.88. The highest BCUT2D eigenvalue weighted by Gasteiger charge is 2.18. The molecule has 4 rings (SSSR count). The van der Waals surface area contributed by atoms with Gasteiger partial charge in [0.15, 0.2) is 0 Å². The van der Waals surface area contributed by atoms with Crippen LogP contribution >= 0.6 is 20.7 Å². The molecule has 31 heavy (non-hydrogen) atoms. The number of amides is 1.